The number of amides is 2. The van der Waals surface area contributed by atoms with Crippen LogP contribution in [0.15, 0.2) is 66.9 Å². The van der Waals surface area contributed by atoms with Crippen molar-refractivity contribution in [3.05, 3.63) is 118 Å². The molecule has 13 heteroatoms. The second kappa shape index (κ2) is 14.8. The third-order valence-electron chi connectivity index (χ3n) is 10.8. The first kappa shape index (κ1) is 37.0. The van der Waals surface area contributed by atoms with Gasteiger partial charge in [0.05, 0.1) is 34.4 Å². The second-order valence-electron chi connectivity index (χ2n) is 14.4. The van der Waals surface area contributed by atoms with Crippen molar-refractivity contribution >= 4 is 28.5 Å². The van der Waals surface area contributed by atoms with E-state index in [1.807, 2.05) is 30.3 Å². The Kier molecular flexibility index (Phi) is 10.2. The number of hydrogen-bond donors (Lipinski definition) is 2. The van der Waals surface area contributed by atoms with E-state index in [-0.39, 0.29) is 35.4 Å². The lowest BCUT2D eigenvalue weighted by Crippen LogP contribution is -2.49. The van der Waals surface area contributed by atoms with Crippen molar-refractivity contribution in [1.82, 2.24) is 25.2 Å². The van der Waals surface area contributed by atoms with Gasteiger partial charge in [-0.15, -0.1) is 0 Å². The standard InChI is InChI=1S/C41H39F5N6O2/c1-22(28-8-5-9-29(37(28)44)38(45)46)48-39-30-19-33(47-20-34(30)49-23(2)50-39)26-7-4-6-24(16-26)21-52-14-11-25(12-15-52)36-31(42)17-27(18-32(36)43)41(3)13-10-35(53)51-40(41)54/h4-9,16-20,22,25,38H,10-15,21H2,1-3H3,(H,48,49,50)(H,51,53,54)/t22-,41-/m1/s1. The molecule has 0 unspecified atom stereocenters. The van der Waals surface area contributed by atoms with E-state index < -0.39 is 52.7 Å². The van der Waals surface area contributed by atoms with Gasteiger partial charge in [0.1, 0.15) is 29.1 Å². The SMILES string of the molecule is Cc1nc(N[C@H](C)c2cccc(C(F)F)c2F)c2cc(-c3cccc(CN4CCC(c5c(F)cc([C@@]6(C)CCC(=O)NC6=O)cc5F)CC4)c3)ncc2n1. The van der Waals surface area contributed by atoms with Crippen LogP contribution in [0.5, 0.6) is 0 Å². The fraction of sp³-hybridized carbons (Fsp3) is 0.341. The van der Waals surface area contributed by atoms with E-state index in [9.17, 15) is 22.8 Å². The molecule has 0 aliphatic carbocycles. The Labute approximate surface area is 309 Å². The van der Waals surface area contributed by atoms with Gasteiger partial charge in [0.25, 0.3) is 6.43 Å². The number of pyridine rings is 1. The quantitative estimate of drug-likeness (QED) is 0.115. The molecular formula is C41H39F5N6O2. The molecule has 2 fully saturated rings. The summed E-state index contributed by atoms with van der Waals surface area (Å²) < 4.78 is 72.8. The number of alkyl halides is 2. The molecule has 2 aliphatic rings. The van der Waals surface area contributed by atoms with Gasteiger partial charge >= 0.3 is 0 Å². The zero-order chi connectivity index (χ0) is 38.3. The molecule has 3 aromatic carbocycles. The minimum atomic E-state index is -2.94. The summed E-state index contributed by atoms with van der Waals surface area (Å²) in [5.74, 6) is -2.69. The normalized spacial score (nSPS) is 19.0. The number of carbonyl (C=O) groups is 2. The molecular weight excluding hydrogens is 703 g/mol. The van der Waals surface area contributed by atoms with Crippen molar-refractivity contribution in [2.45, 2.75) is 76.8 Å². The third-order valence-corrected chi connectivity index (χ3v) is 10.8. The smallest absolute Gasteiger partial charge is 0.266 e. The molecule has 5 aromatic rings. The van der Waals surface area contributed by atoms with Gasteiger partial charge in [0.2, 0.25) is 11.8 Å². The average Bonchev–Trinajstić information content (AvgIpc) is 3.13. The van der Waals surface area contributed by atoms with Crippen LogP contribution in [0.3, 0.4) is 0 Å². The molecule has 0 bridgehead atoms. The largest absolute Gasteiger partial charge is 0.363 e. The van der Waals surface area contributed by atoms with Gasteiger partial charge in [-0.3, -0.25) is 24.8 Å². The molecule has 2 aromatic heterocycles. The number of likely N-dealkylation sites (tertiary alicyclic amines) is 1. The van der Waals surface area contributed by atoms with Gasteiger partial charge in [-0.2, -0.15) is 0 Å². The number of anilines is 1. The average molecular weight is 743 g/mol. The number of aromatic nitrogens is 3. The number of imide groups is 1. The summed E-state index contributed by atoms with van der Waals surface area (Å²) in [7, 11) is 0. The molecule has 2 aliphatic heterocycles. The van der Waals surface area contributed by atoms with Crippen molar-refractivity contribution in [1.29, 1.82) is 0 Å². The number of piperidine rings is 2. The third kappa shape index (κ3) is 7.29. The Morgan fingerprint density at radius 1 is 0.963 bits per heavy atom. The highest BCUT2D eigenvalue weighted by atomic mass is 19.3. The molecule has 2 saturated heterocycles. The maximum atomic E-state index is 15.5. The first-order chi connectivity index (χ1) is 25.8. The summed E-state index contributed by atoms with van der Waals surface area (Å²) in [4.78, 5) is 40.2. The van der Waals surface area contributed by atoms with Crippen LogP contribution in [-0.4, -0.2) is 44.8 Å². The number of nitrogens with zero attached hydrogens (tertiary/aromatic N) is 4. The zero-order valence-corrected chi connectivity index (χ0v) is 30.0. The predicted octanol–water partition coefficient (Wildman–Crippen LogP) is 8.60. The van der Waals surface area contributed by atoms with Crippen LogP contribution in [-0.2, 0) is 21.5 Å². The topological polar surface area (TPSA) is 100 Å². The van der Waals surface area contributed by atoms with Gasteiger partial charge in [0, 0.05) is 35.0 Å². The number of fused-ring (bicyclic) bond motifs is 1. The van der Waals surface area contributed by atoms with Crippen molar-refractivity contribution in [2.24, 2.45) is 0 Å². The maximum Gasteiger partial charge on any atom is 0.266 e. The molecule has 2 atom stereocenters. The summed E-state index contributed by atoms with van der Waals surface area (Å²) in [6.07, 6.45) is 0.0915. The van der Waals surface area contributed by atoms with Crippen LogP contribution in [0.1, 0.15) is 91.6 Å². The van der Waals surface area contributed by atoms with Crippen LogP contribution in [0.25, 0.3) is 22.2 Å². The Morgan fingerprint density at radius 3 is 2.37 bits per heavy atom. The lowest BCUT2D eigenvalue weighted by Gasteiger charge is -2.34. The molecule has 54 heavy (non-hydrogen) atoms. The van der Waals surface area contributed by atoms with Gasteiger partial charge in [0.15, 0.2) is 0 Å². The monoisotopic (exact) mass is 742 g/mol. The van der Waals surface area contributed by atoms with E-state index in [4.69, 9.17) is 0 Å². The summed E-state index contributed by atoms with van der Waals surface area (Å²) >= 11 is 0. The Hall–Kier alpha value is -5.30. The van der Waals surface area contributed by atoms with Gasteiger partial charge in [-0.25, -0.2) is 31.9 Å². The van der Waals surface area contributed by atoms with E-state index in [0.29, 0.717) is 60.7 Å². The fourth-order valence-electron chi connectivity index (χ4n) is 7.61. The van der Waals surface area contributed by atoms with E-state index in [1.54, 1.807) is 27.0 Å². The number of carbonyl (C=O) groups excluding carboxylic acids is 2. The molecule has 0 radical (unpaired) electrons. The number of aryl methyl sites for hydroxylation is 1. The van der Waals surface area contributed by atoms with E-state index in [1.165, 1.54) is 24.3 Å². The lowest BCUT2D eigenvalue weighted by molar-refractivity contribution is -0.137. The lowest BCUT2D eigenvalue weighted by atomic mass is 9.74. The second-order valence-corrected chi connectivity index (χ2v) is 14.4. The molecule has 0 spiro atoms. The predicted molar refractivity (Wildman–Crippen MR) is 194 cm³/mol. The van der Waals surface area contributed by atoms with Gasteiger partial charge in [-0.05, 0) is 94.4 Å². The summed E-state index contributed by atoms with van der Waals surface area (Å²) in [5, 5.41) is 6.11. The first-order valence-corrected chi connectivity index (χ1v) is 17.9. The van der Waals surface area contributed by atoms with Crippen LogP contribution in [0.2, 0.25) is 0 Å². The summed E-state index contributed by atoms with van der Waals surface area (Å²) in [5.41, 5.74) is 1.59. The highest BCUT2D eigenvalue weighted by Gasteiger charge is 2.41. The minimum Gasteiger partial charge on any atom is -0.363 e. The molecule has 2 N–H and O–H groups in total. The van der Waals surface area contributed by atoms with Crippen molar-refractivity contribution in [3.63, 3.8) is 0 Å². The Bertz CT molecular complexity index is 2240. The highest BCUT2D eigenvalue weighted by Crippen LogP contribution is 2.38. The Morgan fingerprint density at radius 2 is 1.67 bits per heavy atom. The van der Waals surface area contributed by atoms with E-state index >= 15 is 8.78 Å². The van der Waals surface area contributed by atoms with Crippen molar-refractivity contribution in [3.8, 4) is 11.3 Å². The number of rotatable bonds is 9. The van der Waals surface area contributed by atoms with Gasteiger partial charge < -0.3 is 5.32 Å². The van der Waals surface area contributed by atoms with E-state index in [2.05, 4.69) is 30.5 Å². The van der Waals surface area contributed by atoms with Crippen molar-refractivity contribution in [2.75, 3.05) is 18.4 Å². The first-order valence-electron chi connectivity index (χ1n) is 17.9. The van der Waals surface area contributed by atoms with Crippen molar-refractivity contribution < 1.29 is 31.5 Å². The van der Waals surface area contributed by atoms with Crippen LogP contribution in [0.4, 0.5) is 27.8 Å². The van der Waals surface area contributed by atoms with Crippen LogP contribution < -0.4 is 10.6 Å². The molecule has 2 amide bonds. The molecule has 280 valence electrons. The highest BCUT2D eigenvalue weighted by molar-refractivity contribution is 6.03. The number of halogens is 5. The number of benzene rings is 3. The Balaban J connectivity index is 1.05. The van der Waals surface area contributed by atoms with Crippen LogP contribution in [0, 0.1) is 24.4 Å². The molecule has 7 rings (SSSR count). The number of hydrogen-bond acceptors (Lipinski definition) is 7. The molecule has 0 saturated carbocycles. The zero-order valence-electron chi connectivity index (χ0n) is 30.0. The molecule has 8 nitrogen and oxygen atoms in total. The summed E-state index contributed by atoms with van der Waals surface area (Å²) in [6, 6.07) is 15.5. The fourth-order valence-corrected chi connectivity index (χ4v) is 7.61. The van der Waals surface area contributed by atoms with Crippen LogP contribution >= 0.6 is 0 Å². The van der Waals surface area contributed by atoms with Gasteiger partial charge in [-0.1, -0.05) is 36.4 Å². The summed E-state index contributed by atoms with van der Waals surface area (Å²) in [6.45, 7) is 6.86. The number of nitrogens with one attached hydrogen (secondary N) is 2. The maximum absolute atomic E-state index is 15.5. The minimum absolute atomic E-state index is 0.0351. The van der Waals surface area contributed by atoms with E-state index in [0.717, 1.165) is 17.2 Å². The molecule has 4 heterocycles.